The molecule has 0 aliphatic rings. The van der Waals surface area contributed by atoms with Crippen molar-refractivity contribution < 1.29 is 8.42 Å². The van der Waals surface area contributed by atoms with Crippen LogP contribution in [0, 0.1) is 0 Å². The number of halogens is 1. The van der Waals surface area contributed by atoms with Gasteiger partial charge in [-0.2, -0.15) is 0 Å². The van der Waals surface area contributed by atoms with Gasteiger partial charge in [0.2, 0.25) is 10.0 Å². The zero-order chi connectivity index (χ0) is 13.9. The van der Waals surface area contributed by atoms with Gasteiger partial charge in [-0.25, -0.2) is 18.1 Å². The van der Waals surface area contributed by atoms with Gasteiger partial charge in [0.1, 0.15) is 10.7 Å². The van der Waals surface area contributed by atoms with Crippen LogP contribution in [-0.4, -0.2) is 24.9 Å². The van der Waals surface area contributed by atoms with E-state index in [-0.39, 0.29) is 17.1 Å². The minimum Gasteiger partial charge on any atom is -0.398 e. The summed E-state index contributed by atoms with van der Waals surface area (Å²) in [7, 11) is -3.61. The Morgan fingerprint density at radius 3 is 2.89 bits per heavy atom. The molecule has 0 unspecified atom stereocenters. The molecule has 2 aromatic rings. The van der Waals surface area contributed by atoms with Crippen molar-refractivity contribution in [1.82, 2.24) is 14.7 Å². The van der Waals surface area contributed by atoms with Crippen LogP contribution in [0.3, 0.4) is 0 Å². The summed E-state index contributed by atoms with van der Waals surface area (Å²) in [5.41, 5.74) is 5.90. The Hall–Kier alpha value is -1.38. The zero-order valence-corrected chi connectivity index (χ0v) is 12.3. The second-order valence-electron chi connectivity index (χ2n) is 3.87. The van der Waals surface area contributed by atoms with Crippen LogP contribution in [0.15, 0.2) is 40.0 Å². The van der Waals surface area contributed by atoms with Crippen molar-refractivity contribution in [2.75, 3.05) is 12.3 Å². The molecule has 6 nitrogen and oxygen atoms in total. The van der Waals surface area contributed by atoms with Gasteiger partial charge >= 0.3 is 0 Å². The molecule has 1 heterocycles. The predicted molar refractivity (Wildman–Crippen MR) is 76.0 cm³/mol. The number of nitrogen functional groups attached to an aromatic ring is 1. The first-order valence-corrected chi connectivity index (χ1v) is 7.79. The fraction of sp³-hybridized carbons (Fsp3) is 0.182. The van der Waals surface area contributed by atoms with E-state index in [4.69, 9.17) is 5.73 Å². The molecule has 0 aliphatic carbocycles. The van der Waals surface area contributed by atoms with Crippen LogP contribution in [0.25, 0.3) is 0 Å². The predicted octanol–water partition coefficient (Wildman–Crippen LogP) is 1.28. The Morgan fingerprint density at radius 1 is 1.42 bits per heavy atom. The van der Waals surface area contributed by atoms with Gasteiger partial charge in [0.15, 0.2) is 0 Å². The fourth-order valence-corrected chi connectivity index (χ4v) is 3.26. The standard InChI is InChI=1S/C11H13BrN4O2S/c12-8-1-2-9(13)10(7-8)19(17,18)16-4-3-11-14-5-6-15-11/h1-2,5-7,16H,3-4,13H2,(H,14,15). The van der Waals surface area contributed by atoms with Crippen molar-refractivity contribution in [2.45, 2.75) is 11.3 Å². The molecule has 0 spiro atoms. The van der Waals surface area contributed by atoms with Crippen molar-refractivity contribution in [1.29, 1.82) is 0 Å². The number of rotatable bonds is 5. The van der Waals surface area contributed by atoms with E-state index in [0.717, 1.165) is 5.82 Å². The lowest BCUT2D eigenvalue weighted by Gasteiger charge is -2.09. The van der Waals surface area contributed by atoms with Crippen molar-refractivity contribution in [3.8, 4) is 0 Å². The highest BCUT2D eigenvalue weighted by Crippen LogP contribution is 2.22. The SMILES string of the molecule is Nc1ccc(Br)cc1S(=O)(=O)NCCc1ncc[nH]1. The van der Waals surface area contributed by atoms with Crippen LogP contribution in [-0.2, 0) is 16.4 Å². The molecule has 0 aliphatic heterocycles. The Balaban J connectivity index is 2.07. The van der Waals surface area contributed by atoms with Crippen molar-refractivity contribution in [2.24, 2.45) is 0 Å². The van der Waals surface area contributed by atoms with E-state index >= 15 is 0 Å². The van der Waals surface area contributed by atoms with Gasteiger partial charge in [-0.1, -0.05) is 15.9 Å². The van der Waals surface area contributed by atoms with Crippen molar-refractivity contribution in [3.05, 3.63) is 40.9 Å². The lowest BCUT2D eigenvalue weighted by atomic mass is 10.3. The lowest BCUT2D eigenvalue weighted by molar-refractivity contribution is 0.581. The average molecular weight is 345 g/mol. The van der Waals surface area contributed by atoms with Gasteiger partial charge in [-0.3, -0.25) is 0 Å². The number of sulfonamides is 1. The molecule has 0 fully saturated rings. The highest BCUT2D eigenvalue weighted by Gasteiger charge is 2.17. The number of nitrogens with one attached hydrogen (secondary N) is 2. The summed E-state index contributed by atoms with van der Waals surface area (Å²) < 4.78 is 27.3. The molecule has 0 bridgehead atoms. The van der Waals surface area contributed by atoms with E-state index in [9.17, 15) is 8.42 Å². The largest absolute Gasteiger partial charge is 0.398 e. The second-order valence-corrected chi connectivity index (χ2v) is 6.52. The quantitative estimate of drug-likeness (QED) is 0.711. The van der Waals surface area contributed by atoms with Crippen molar-refractivity contribution in [3.63, 3.8) is 0 Å². The summed E-state index contributed by atoms with van der Waals surface area (Å²) in [5.74, 6) is 0.727. The third kappa shape index (κ3) is 3.55. The number of nitrogens with two attached hydrogens (primary N) is 1. The van der Waals surface area contributed by atoms with E-state index in [1.807, 2.05) is 0 Å². The lowest BCUT2D eigenvalue weighted by Crippen LogP contribution is -2.27. The highest BCUT2D eigenvalue weighted by atomic mass is 79.9. The number of anilines is 1. The molecule has 8 heteroatoms. The minimum atomic E-state index is -3.61. The maximum absolute atomic E-state index is 12.1. The van der Waals surface area contributed by atoms with Crippen LogP contribution in [0.2, 0.25) is 0 Å². The molecular formula is C11H13BrN4O2S. The summed E-state index contributed by atoms with van der Waals surface area (Å²) in [4.78, 5) is 6.99. The molecule has 2 rings (SSSR count). The molecule has 1 aromatic carbocycles. The van der Waals surface area contributed by atoms with Crippen LogP contribution in [0.4, 0.5) is 5.69 Å². The minimum absolute atomic E-state index is 0.0707. The van der Waals surface area contributed by atoms with Crippen LogP contribution in [0.5, 0.6) is 0 Å². The maximum atomic E-state index is 12.1. The number of imidazole rings is 1. The number of aromatic amines is 1. The Bertz CT molecular complexity index is 655. The highest BCUT2D eigenvalue weighted by molar-refractivity contribution is 9.10. The van der Waals surface area contributed by atoms with Crippen LogP contribution >= 0.6 is 15.9 Å². The molecular weight excluding hydrogens is 332 g/mol. The number of benzene rings is 1. The Labute approximate surface area is 119 Å². The third-order valence-corrected chi connectivity index (χ3v) is 4.48. The van der Waals surface area contributed by atoms with Gasteiger partial charge in [0, 0.05) is 29.8 Å². The first-order chi connectivity index (χ1) is 8.99. The molecule has 19 heavy (non-hydrogen) atoms. The van der Waals surface area contributed by atoms with Gasteiger partial charge in [0.25, 0.3) is 0 Å². The molecule has 4 N–H and O–H groups in total. The van der Waals surface area contributed by atoms with Gasteiger partial charge in [-0.15, -0.1) is 0 Å². The molecule has 0 radical (unpaired) electrons. The molecule has 0 amide bonds. The monoisotopic (exact) mass is 344 g/mol. The summed E-state index contributed by atoms with van der Waals surface area (Å²) in [5, 5.41) is 0. The molecule has 102 valence electrons. The normalized spacial score (nSPS) is 11.6. The summed E-state index contributed by atoms with van der Waals surface area (Å²) in [6, 6.07) is 4.72. The van der Waals surface area contributed by atoms with E-state index < -0.39 is 10.0 Å². The van der Waals surface area contributed by atoms with E-state index in [2.05, 4.69) is 30.6 Å². The number of H-pyrrole nitrogens is 1. The number of hydrogen-bond acceptors (Lipinski definition) is 4. The summed E-state index contributed by atoms with van der Waals surface area (Å²) in [6.07, 6.45) is 3.80. The number of nitrogens with zero attached hydrogens (tertiary/aromatic N) is 1. The van der Waals surface area contributed by atoms with Crippen molar-refractivity contribution >= 4 is 31.6 Å². The van der Waals surface area contributed by atoms with Crippen LogP contribution in [0.1, 0.15) is 5.82 Å². The molecule has 1 aromatic heterocycles. The van der Waals surface area contributed by atoms with Crippen LogP contribution < -0.4 is 10.5 Å². The number of aromatic nitrogens is 2. The first kappa shape index (κ1) is 14.0. The average Bonchev–Trinajstić information content (AvgIpc) is 2.85. The maximum Gasteiger partial charge on any atom is 0.242 e. The van der Waals surface area contributed by atoms with E-state index in [1.54, 1.807) is 24.5 Å². The smallest absolute Gasteiger partial charge is 0.242 e. The first-order valence-electron chi connectivity index (χ1n) is 5.52. The number of hydrogen-bond donors (Lipinski definition) is 3. The van der Waals surface area contributed by atoms with Gasteiger partial charge < -0.3 is 10.7 Å². The summed E-state index contributed by atoms with van der Waals surface area (Å²) >= 11 is 3.23. The van der Waals surface area contributed by atoms with E-state index in [0.29, 0.717) is 10.9 Å². The van der Waals surface area contributed by atoms with Gasteiger partial charge in [0.05, 0.1) is 5.69 Å². The molecule has 0 saturated heterocycles. The van der Waals surface area contributed by atoms with Gasteiger partial charge in [-0.05, 0) is 18.2 Å². The zero-order valence-electron chi connectivity index (χ0n) is 9.93. The molecule has 0 saturated carbocycles. The third-order valence-electron chi connectivity index (χ3n) is 2.47. The second kappa shape index (κ2) is 5.72. The fourth-order valence-electron chi connectivity index (χ4n) is 1.56. The molecule has 0 atom stereocenters. The Kier molecular flexibility index (Phi) is 4.23. The summed E-state index contributed by atoms with van der Waals surface area (Å²) in [6.45, 7) is 0.252. The van der Waals surface area contributed by atoms with E-state index in [1.165, 1.54) is 6.07 Å². The Morgan fingerprint density at radius 2 is 2.21 bits per heavy atom. The topological polar surface area (TPSA) is 101 Å².